The number of sulfonamides is 1. The number of aromatic nitrogens is 2. The fraction of sp³-hybridized carbons (Fsp3) is 0.105. The average Bonchev–Trinajstić information content (AvgIpc) is 3.24. The van der Waals surface area contributed by atoms with E-state index in [4.69, 9.17) is 0 Å². The summed E-state index contributed by atoms with van der Waals surface area (Å²) in [4.78, 5) is 15.7. The smallest absolute Gasteiger partial charge is 0.270 e. The first-order valence-corrected chi connectivity index (χ1v) is 10.9. The molecule has 8 nitrogen and oxygen atoms in total. The molecule has 4 aromatic rings. The number of nitrogens with one attached hydrogen (secondary N) is 1. The summed E-state index contributed by atoms with van der Waals surface area (Å²) in [5.74, 6) is 0. The molecule has 2 heterocycles. The molecule has 0 aliphatic heterocycles. The van der Waals surface area contributed by atoms with E-state index in [0.717, 1.165) is 28.0 Å². The van der Waals surface area contributed by atoms with Gasteiger partial charge in [0, 0.05) is 40.7 Å². The fourth-order valence-corrected chi connectivity index (χ4v) is 5.12. The van der Waals surface area contributed by atoms with Crippen molar-refractivity contribution >= 4 is 37.7 Å². The molecule has 2 aromatic heterocycles. The van der Waals surface area contributed by atoms with Crippen molar-refractivity contribution in [3.63, 3.8) is 0 Å². The largest absolute Gasteiger partial charge is 0.294 e. The quantitative estimate of drug-likeness (QED) is 0.375. The zero-order chi connectivity index (χ0) is 20.8. The van der Waals surface area contributed by atoms with Crippen LogP contribution in [0.1, 0.15) is 11.3 Å². The summed E-state index contributed by atoms with van der Waals surface area (Å²) >= 11 is 1.55. The van der Waals surface area contributed by atoms with Gasteiger partial charge < -0.3 is 0 Å². The third-order valence-electron chi connectivity index (χ3n) is 4.49. The summed E-state index contributed by atoms with van der Waals surface area (Å²) in [5.41, 5.74) is 3.26. The molecule has 0 radical (unpaired) electrons. The minimum Gasteiger partial charge on any atom is -0.294 e. The van der Waals surface area contributed by atoms with Crippen LogP contribution >= 0.6 is 11.3 Å². The van der Waals surface area contributed by atoms with Crippen LogP contribution in [0.2, 0.25) is 0 Å². The number of non-ortho nitro benzene ring substituents is 1. The summed E-state index contributed by atoms with van der Waals surface area (Å²) in [6.45, 7) is 3.59. The second-order valence-electron chi connectivity index (χ2n) is 6.55. The Labute approximate surface area is 170 Å². The molecule has 0 unspecified atom stereocenters. The summed E-state index contributed by atoms with van der Waals surface area (Å²) in [6, 6.07) is 10.6. The van der Waals surface area contributed by atoms with Crippen molar-refractivity contribution in [2.24, 2.45) is 0 Å². The van der Waals surface area contributed by atoms with Crippen molar-refractivity contribution in [3.8, 4) is 11.3 Å². The molecule has 148 valence electrons. The number of nitrogens with zero attached hydrogens (tertiary/aromatic N) is 3. The van der Waals surface area contributed by atoms with Gasteiger partial charge in [0.05, 0.1) is 15.5 Å². The van der Waals surface area contributed by atoms with E-state index in [1.54, 1.807) is 42.5 Å². The Hall–Kier alpha value is -3.24. The monoisotopic (exact) mass is 428 g/mol. The number of thiazole rings is 1. The van der Waals surface area contributed by atoms with Crippen molar-refractivity contribution < 1.29 is 13.3 Å². The Morgan fingerprint density at radius 3 is 2.52 bits per heavy atom. The maximum absolute atomic E-state index is 12.7. The van der Waals surface area contributed by atoms with Gasteiger partial charge in [-0.25, -0.2) is 13.4 Å². The second kappa shape index (κ2) is 6.98. The van der Waals surface area contributed by atoms with Gasteiger partial charge >= 0.3 is 0 Å². The van der Waals surface area contributed by atoms with E-state index < -0.39 is 14.9 Å². The second-order valence-corrected chi connectivity index (χ2v) is 9.03. The molecular formula is C19H16N4O4S2. The molecule has 0 aliphatic rings. The van der Waals surface area contributed by atoms with Crippen molar-refractivity contribution in [2.45, 2.75) is 18.7 Å². The zero-order valence-electron chi connectivity index (χ0n) is 15.5. The summed E-state index contributed by atoms with van der Waals surface area (Å²) in [6.07, 6.45) is 1.94. The fourth-order valence-electron chi connectivity index (χ4n) is 2.94. The molecule has 0 fully saturated rings. The lowest BCUT2D eigenvalue weighted by Gasteiger charge is -2.10. The number of hydrogen-bond donors (Lipinski definition) is 1. The summed E-state index contributed by atoms with van der Waals surface area (Å²) in [5, 5.41) is 13.0. The van der Waals surface area contributed by atoms with Crippen molar-refractivity contribution in [3.05, 3.63) is 75.4 Å². The summed E-state index contributed by atoms with van der Waals surface area (Å²) in [7, 11) is -3.97. The number of rotatable bonds is 5. The number of anilines is 1. The highest BCUT2D eigenvalue weighted by Crippen LogP contribution is 2.27. The Bertz CT molecular complexity index is 1340. The van der Waals surface area contributed by atoms with Crippen LogP contribution in [0, 0.1) is 24.0 Å². The topological polar surface area (TPSA) is 107 Å². The Balaban J connectivity index is 1.61. The van der Waals surface area contributed by atoms with Crippen LogP contribution in [-0.2, 0) is 10.0 Å². The van der Waals surface area contributed by atoms with Crippen molar-refractivity contribution in [2.75, 3.05) is 4.72 Å². The molecule has 0 saturated heterocycles. The first-order valence-electron chi connectivity index (χ1n) is 8.56. The highest BCUT2D eigenvalue weighted by Gasteiger charge is 2.20. The molecule has 10 heteroatoms. The van der Waals surface area contributed by atoms with Crippen LogP contribution < -0.4 is 4.72 Å². The molecule has 4 rings (SSSR count). The summed E-state index contributed by atoms with van der Waals surface area (Å²) < 4.78 is 29.9. The number of aryl methyl sites for hydroxylation is 2. The Kier molecular flexibility index (Phi) is 4.59. The van der Waals surface area contributed by atoms with E-state index in [1.807, 2.05) is 22.9 Å². The number of fused-ring (bicyclic) bond motifs is 1. The van der Waals surface area contributed by atoms with Crippen molar-refractivity contribution in [1.29, 1.82) is 0 Å². The van der Waals surface area contributed by atoms with E-state index in [1.165, 1.54) is 12.1 Å². The minimum atomic E-state index is -3.97. The predicted molar refractivity (Wildman–Crippen MR) is 112 cm³/mol. The molecule has 2 aromatic carbocycles. The lowest BCUT2D eigenvalue weighted by atomic mass is 10.1. The van der Waals surface area contributed by atoms with Crippen LogP contribution in [0.25, 0.3) is 16.2 Å². The van der Waals surface area contributed by atoms with Crippen molar-refractivity contribution in [1.82, 2.24) is 9.38 Å². The first-order chi connectivity index (χ1) is 13.7. The lowest BCUT2D eigenvalue weighted by Crippen LogP contribution is -2.14. The van der Waals surface area contributed by atoms with E-state index in [9.17, 15) is 18.5 Å². The van der Waals surface area contributed by atoms with E-state index >= 15 is 0 Å². The number of benzene rings is 2. The van der Waals surface area contributed by atoms with Gasteiger partial charge in [-0.2, -0.15) is 0 Å². The van der Waals surface area contributed by atoms with Crippen LogP contribution in [0.5, 0.6) is 0 Å². The third kappa shape index (κ3) is 3.59. The van der Waals surface area contributed by atoms with Gasteiger partial charge in [-0.1, -0.05) is 18.2 Å². The minimum absolute atomic E-state index is 0.124. The van der Waals surface area contributed by atoms with E-state index in [2.05, 4.69) is 9.71 Å². The van der Waals surface area contributed by atoms with Crippen LogP contribution in [0.15, 0.2) is 58.9 Å². The molecule has 0 saturated carbocycles. The molecule has 0 atom stereocenters. The molecular weight excluding hydrogens is 412 g/mol. The Morgan fingerprint density at radius 2 is 1.86 bits per heavy atom. The lowest BCUT2D eigenvalue weighted by molar-refractivity contribution is -0.385. The predicted octanol–water partition coefficient (Wildman–Crippen LogP) is 4.39. The zero-order valence-corrected chi connectivity index (χ0v) is 17.1. The van der Waals surface area contributed by atoms with E-state index in [-0.39, 0.29) is 10.6 Å². The Morgan fingerprint density at radius 1 is 1.14 bits per heavy atom. The normalized spacial score (nSPS) is 11.7. The van der Waals surface area contributed by atoms with Gasteiger partial charge in [0.25, 0.3) is 15.7 Å². The SMILES string of the molecule is Cc1ccc([N+](=O)[O-])cc1S(=O)(=O)Nc1ccc(-c2cn3c(C)csc3n2)cc1. The highest BCUT2D eigenvalue weighted by atomic mass is 32.2. The molecule has 0 spiro atoms. The van der Waals surface area contributed by atoms with E-state index in [0.29, 0.717) is 11.3 Å². The molecule has 29 heavy (non-hydrogen) atoms. The third-order valence-corrected chi connectivity index (χ3v) is 6.97. The first kappa shape index (κ1) is 19.1. The molecule has 0 bridgehead atoms. The van der Waals surface area contributed by atoms with Gasteiger partial charge in [-0.15, -0.1) is 11.3 Å². The number of imidazole rings is 1. The molecule has 1 N–H and O–H groups in total. The number of nitro groups is 1. The van der Waals surface area contributed by atoms with Gasteiger partial charge in [-0.05, 0) is 31.5 Å². The highest BCUT2D eigenvalue weighted by molar-refractivity contribution is 7.92. The number of nitro benzene ring substituents is 1. The molecule has 0 aliphatic carbocycles. The van der Waals surface area contributed by atoms with Crippen LogP contribution in [-0.4, -0.2) is 22.7 Å². The maximum Gasteiger partial charge on any atom is 0.270 e. The van der Waals surface area contributed by atoms with Gasteiger partial charge in [0.1, 0.15) is 0 Å². The maximum atomic E-state index is 12.7. The molecule has 0 amide bonds. The van der Waals surface area contributed by atoms with Gasteiger partial charge in [0.15, 0.2) is 4.96 Å². The van der Waals surface area contributed by atoms with Crippen LogP contribution in [0.3, 0.4) is 0 Å². The van der Waals surface area contributed by atoms with Gasteiger partial charge in [0.2, 0.25) is 0 Å². The van der Waals surface area contributed by atoms with Gasteiger partial charge in [-0.3, -0.25) is 19.2 Å². The number of hydrogen-bond acceptors (Lipinski definition) is 6. The van der Waals surface area contributed by atoms with Crippen LogP contribution in [0.4, 0.5) is 11.4 Å². The standard InChI is InChI=1S/C19H16N4O4S2/c1-12-3-8-16(23(24)25)9-18(12)29(26,27)21-15-6-4-14(5-7-15)17-10-22-13(2)11-28-19(22)20-17/h3-11,21H,1-2H3. The average molecular weight is 428 g/mol.